The third kappa shape index (κ3) is 5.62. The lowest BCUT2D eigenvalue weighted by atomic mass is 9.96. The van der Waals surface area contributed by atoms with Crippen LogP contribution in [0.2, 0.25) is 0 Å². The topological polar surface area (TPSA) is 84.3 Å². The maximum atomic E-state index is 14.1. The van der Waals surface area contributed by atoms with Crippen LogP contribution in [0.3, 0.4) is 0 Å². The zero-order valence-corrected chi connectivity index (χ0v) is 22.2. The average molecular weight is 517 g/mol. The van der Waals surface area contributed by atoms with E-state index >= 15 is 0 Å². The summed E-state index contributed by atoms with van der Waals surface area (Å²) in [6.07, 6.45) is 3.31. The number of aromatic nitrogens is 3. The molecule has 0 atom stereocenters. The highest BCUT2D eigenvalue weighted by Gasteiger charge is 2.23. The number of nitrogens with zero attached hydrogens (tertiary/aromatic N) is 4. The largest absolute Gasteiger partial charge is 0.457 e. The smallest absolute Gasteiger partial charge is 0.228 e. The number of hydrogen-bond acceptors (Lipinski definition) is 6. The van der Waals surface area contributed by atoms with E-state index in [1.54, 1.807) is 24.4 Å². The van der Waals surface area contributed by atoms with Crippen molar-refractivity contribution in [2.45, 2.75) is 32.6 Å². The van der Waals surface area contributed by atoms with Crippen molar-refractivity contribution in [3.05, 3.63) is 66.1 Å². The quantitative estimate of drug-likeness (QED) is 0.311. The highest BCUT2D eigenvalue weighted by Crippen LogP contribution is 2.30. The summed E-state index contributed by atoms with van der Waals surface area (Å²) < 4.78 is 22.2. The number of anilines is 3. The highest BCUT2D eigenvalue weighted by atomic mass is 19.1. The van der Waals surface area contributed by atoms with Crippen LogP contribution in [-0.4, -0.2) is 45.5 Å². The van der Waals surface area contributed by atoms with Crippen LogP contribution in [0.15, 0.2) is 54.7 Å². The number of likely N-dealkylation sites (tertiary alicyclic amines) is 1. The van der Waals surface area contributed by atoms with Crippen LogP contribution in [-0.2, 0) is 11.8 Å². The van der Waals surface area contributed by atoms with Crippen molar-refractivity contribution < 1.29 is 13.9 Å². The lowest BCUT2D eigenvalue weighted by Gasteiger charge is -2.27. The predicted molar refractivity (Wildman–Crippen MR) is 148 cm³/mol. The molecule has 0 saturated carbocycles. The minimum Gasteiger partial charge on any atom is -0.457 e. The van der Waals surface area contributed by atoms with Crippen LogP contribution in [0.1, 0.15) is 38.2 Å². The third-order valence-corrected chi connectivity index (χ3v) is 7.03. The first-order valence-electron chi connectivity index (χ1n) is 12.9. The lowest BCUT2D eigenvalue weighted by Crippen LogP contribution is -2.36. The Morgan fingerprint density at radius 3 is 2.58 bits per heavy atom. The fourth-order valence-corrected chi connectivity index (χ4v) is 4.73. The number of amides is 1. The maximum Gasteiger partial charge on any atom is 0.228 e. The number of rotatable bonds is 7. The fraction of sp³-hybridized carbons (Fsp3) is 0.345. The SMILES string of the molecule is CC(C)c1cc(Nc2nc3cc(Oc4ccnc(NC(=O)C5CCN(C)CC5)c4)ccc3n2C)ccc1F. The number of ether oxygens (including phenoxy) is 1. The predicted octanol–water partition coefficient (Wildman–Crippen LogP) is 6.05. The summed E-state index contributed by atoms with van der Waals surface area (Å²) in [6, 6.07) is 14.2. The molecule has 0 aliphatic carbocycles. The summed E-state index contributed by atoms with van der Waals surface area (Å²) in [4.78, 5) is 23.9. The molecular formula is C29H33FN6O2. The molecule has 8 nitrogen and oxygen atoms in total. The summed E-state index contributed by atoms with van der Waals surface area (Å²) in [5.41, 5.74) is 3.11. The van der Waals surface area contributed by atoms with Crippen LogP contribution in [0.5, 0.6) is 11.5 Å². The van der Waals surface area contributed by atoms with Gasteiger partial charge in [-0.2, -0.15) is 0 Å². The molecule has 2 aromatic heterocycles. The number of hydrogen-bond donors (Lipinski definition) is 2. The van der Waals surface area contributed by atoms with E-state index in [0.29, 0.717) is 28.8 Å². The Bertz CT molecular complexity index is 1460. The van der Waals surface area contributed by atoms with Gasteiger partial charge in [-0.1, -0.05) is 13.8 Å². The van der Waals surface area contributed by atoms with Crippen molar-refractivity contribution >= 4 is 34.4 Å². The van der Waals surface area contributed by atoms with E-state index in [2.05, 4.69) is 27.6 Å². The van der Waals surface area contributed by atoms with Gasteiger partial charge in [-0.15, -0.1) is 0 Å². The van der Waals surface area contributed by atoms with Gasteiger partial charge in [0.1, 0.15) is 23.1 Å². The van der Waals surface area contributed by atoms with E-state index in [4.69, 9.17) is 9.72 Å². The normalized spacial score (nSPS) is 14.7. The molecular weight excluding hydrogens is 483 g/mol. The van der Waals surface area contributed by atoms with Gasteiger partial charge in [-0.3, -0.25) is 4.79 Å². The van der Waals surface area contributed by atoms with Gasteiger partial charge in [-0.05, 0) is 80.9 Å². The van der Waals surface area contributed by atoms with Gasteiger partial charge in [0.15, 0.2) is 0 Å². The molecule has 1 aliphatic heterocycles. The summed E-state index contributed by atoms with van der Waals surface area (Å²) >= 11 is 0. The Morgan fingerprint density at radius 2 is 1.82 bits per heavy atom. The molecule has 5 rings (SSSR count). The standard InChI is InChI=1S/C29H33FN6O2/c1-18(2)23-15-20(5-7-24(23)30)32-29-33-25-16-21(6-8-26(25)36(29)4)38-22-9-12-31-27(17-22)34-28(37)19-10-13-35(3)14-11-19/h5-9,12,15-19H,10-11,13-14H2,1-4H3,(H,32,33)(H,31,34,37). The molecule has 1 amide bonds. The second-order valence-corrected chi connectivity index (χ2v) is 10.2. The average Bonchev–Trinajstić information content (AvgIpc) is 3.19. The number of piperidine rings is 1. The molecule has 0 bridgehead atoms. The molecule has 0 spiro atoms. The number of halogens is 1. The molecule has 0 radical (unpaired) electrons. The molecule has 3 heterocycles. The van der Waals surface area contributed by atoms with E-state index in [9.17, 15) is 9.18 Å². The van der Waals surface area contributed by atoms with Crippen molar-refractivity contribution in [2.75, 3.05) is 30.8 Å². The van der Waals surface area contributed by atoms with Crippen LogP contribution in [0.25, 0.3) is 11.0 Å². The van der Waals surface area contributed by atoms with Gasteiger partial charge >= 0.3 is 0 Å². The highest BCUT2D eigenvalue weighted by molar-refractivity contribution is 5.92. The van der Waals surface area contributed by atoms with Crippen LogP contribution in [0.4, 0.5) is 21.8 Å². The summed E-state index contributed by atoms with van der Waals surface area (Å²) in [5.74, 6) is 2.16. The zero-order valence-electron chi connectivity index (χ0n) is 22.2. The van der Waals surface area contributed by atoms with Crippen LogP contribution >= 0.6 is 0 Å². The molecule has 2 aromatic carbocycles. The summed E-state index contributed by atoms with van der Waals surface area (Å²) in [5, 5.41) is 6.24. The van der Waals surface area contributed by atoms with Crippen molar-refractivity contribution in [2.24, 2.45) is 13.0 Å². The number of fused-ring (bicyclic) bond motifs is 1. The van der Waals surface area contributed by atoms with Gasteiger partial charge in [0.05, 0.1) is 11.0 Å². The van der Waals surface area contributed by atoms with Gasteiger partial charge in [0, 0.05) is 37.0 Å². The van der Waals surface area contributed by atoms with Crippen molar-refractivity contribution in [1.82, 2.24) is 19.4 Å². The molecule has 9 heteroatoms. The molecule has 4 aromatic rings. The monoisotopic (exact) mass is 516 g/mol. The van der Waals surface area contributed by atoms with Gasteiger partial charge < -0.3 is 24.8 Å². The first kappa shape index (κ1) is 25.7. The van der Waals surface area contributed by atoms with Gasteiger partial charge in [-0.25, -0.2) is 14.4 Å². The Morgan fingerprint density at radius 1 is 1.05 bits per heavy atom. The first-order valence-corrected chi connectivity index (χ1v) is 12.9. The fourth-order valence-electron chi connectivity index (χ4n) is 4.73. The van der Waals surface area contributed by atoms with Crippen LogP contribution < -0.4 is 15.4 Å². The molecule has 38 heavy (non-hydrogen) atoms. The number of pyridine rings is 1. The number of carbonyl (C=O) groups excluding carboxylic acids is 1. The number of aryl methyl sites for hydroxylation is 1. The minimum absolute atomic E-state index is 0.000598. The Kier molecular flexibility index (Phi) is 7.28. The molecule has 2 N–H and O–H groups in total. The minimum atomic E-state index is -0.210. The molecule has 1 saturated heterocycles. The summed E-state index contributed by atoms with van der Waals surface area (Å²) in [6.45, 7) is 5.78. The van der Waals surface area contributed by atoms with Crippen molar-refractivity contribution in [1.29, 1.82) is 0 Å². The lowest BCUT2D eigenvalue weighted by molar-refractivity contribution is -0.121. The molecule has 1 aliphatic rings. The van der Waals surface area contributed by atoms with Crippen molar-refractivity contribution in [3.8, 4) is 11.5 Å². The molecule has 198 valence electrons. The summed E-state index contributed by atoms with van der Waals surface area (Å²) in [7, 11) is 4.00. The van der Waals surface area contributed by atoms with Crippen LogP contribution in [0, 0.1) is 11.7 Å². The van der Waals surface area contributed by atoms with Gasteiger partial charge in [0.25, 0.3) is 0 Å². The second kappa shape index (κ2) is 10.8. The van der Waals surface area contributed by atoms with E-state index in [-0.39, 0.29) is 23.6 Å². The Hall–Kier alpha value is -3.98. The number of carbonyl (C=O) groups is 1. The zero-order chi connectivity index (χ0) is 26.8. The van der Waals surface area contributed by atoms with E-state index in [1.165, 1.54) is 6.07 Å². The van der Waals surface area contributed by atoms with Crippen molar-refractivity contribution in [3.63, 3.8) is 0 Å². The maximum absolute atomic E-state index is 14.1. The first-order chi connectivity index (χ1) is 18.3. The Labute approximate surface area is 221 Å². The van der Waals surface area contributed by atoms with Gasteiger partial charge in [0.2, 0.25) is 11.9 Å². The number of imidazole rings is 1. The van der Waals surface area contributed by atoms with E-state index < -0.39 is 0 Å². The molecule has 0 unspecified atom stereocenters. The Balaban J connectivity index is 1.30. The second-order valence-electron chi connectivity index (χ2n) is 10.2. The third-order valence-electron chi connectivity index (χ3n) is 7.03. The van der Waals surface area contributed by atoms with E-state index in [0.717, 1.165) is 42.7 Å². The van der Waals surface area contributed by atoms with E-state index in [1.807, 2.05) is 49.7 Å². The number of benzene rings is 2. The molecule has 1 fully saturated rings. The number of nitrogens with one attached hydrogen (secondary N) is 2.